The second-order valence-electron chi connectivity index (χ2n) is 10.0. The van der Waals surface area contributed by atoms with E-state index in [0.717, 1.165) is 38.5 Å². The van der Waals surface area contributed by atoms with Crippen LogP contribution in [0.15, 0.2) is 0 Å². The Labute approximate surface area is 213 Å². The second kappa shape index (κ2) is 26.1. The van der Waals surface area contributed by atoms with Crippen LogP contribution in [0.3, 0.4) is 0 Å². The molecule has 0 bridgehead atoms. The lowest BCUT2D eigenvalue weighted by molar-refractivity contribution is -0.0885. The molecular weight excluding hydrogens is 445 g/mol. The maximum atomic E-state index is 12.5. The molecule has 5 nitrogen and oxygen atoms in total. The van der Waals surface area contributed by atoms with E-state index in [1.54, 1.807) is 5.06 Å². The molecule has 0 aromatic carbocycles. The van der Waals surface area contributed by atoms with Crippen LogP contribution in [0.25, 0.3) is 0 Å². The van der Waals surface area contributed by atoms with Crippen LogP contribution in [0.4, 0.5) is 0 Å². The van der Waals surface area contributed by atoms with Gasteiger partial charge in [0.25, 0.3) is 0 Å². The third kappa shape index (κ3) is 25.2. The van der Waals surface area contributed by atoms with Gasteiger partial charge in [-0.2, -0.15) is 9.69 Å². The van der Waals surface area contributed by atoms with Gasteiger partial charge < -0.3 is 4.89 Å². The van der Waals surface area contributed by atoms with Crippen molar-refractivity contribution in [2.24, 2.45) is 0 Å². The molecule has 0 aliphatic carbocycles. The zero-order chi connectivity index (χ0) is 25.2. The lowest BCUT2D eigenvalue weighted by Crippen LogP contribution is -2.26. The molecule has 0 heterocycles. The van der Waals surface area contributed by atoms with Gasteiger partial charge in [0, 0.05) is 13.1 Å². The van der Waals surface area contributed by atoms with Crippen molar-refractivity contribution in [1.29, 1.82) is 0 Å². The fraction of sp³-hybridized carbons (Fsp3) is 1.00. The van der Waals surface area contributed by atoms with Gasteiger partial charge >= 0.3 is 7.82 Å². The van der Waals surface area contributed by atoms with E-state index in [4.69, 9.17) is 9.15 Å². The van der Waals surface area contributed by atoms with Crippen LogP contribution >= 0.6 is 7.82 Å². The summed E-state index contributed by atoms with van der Waals surface area (Å²) in [6.07, 6.45) is 26.7. The molecule has 1 N–H and O–H groups in total. The Hall–Kier alpha value is 0.0700. The smallest absolute Gasteiger partial charge is 0.301 e. The summed E-state index contributed by atoms with van der Waals surface area (Å²) in [4.78, 5) is 10.2. The highest BCUT2D eigenvalue weighted by Crippen LogP contribution is 2.44. The molecule has 0 rings (SSSR count). The second-order valence-corrected chi connectivity index (χ2v) is 11.4. The van der Waals surface area contributed by atoms with Crippen molar-refractivity contribution in [1.82, 2.24) is 5.06 Å². The van der Waals surface area contributed by atoms with Crippen LogP contribution in [0.5, 0.6) is 0 Å². The molecular formula is C28H60NO4P. The summed E-state index contributed by atoms with van der Waals surface area (Å²) in [5, 5.41) is 1.71. The first kappa shape index (κ1) is 34.1. The Bertz CT molecular complexity index is 434. The minimum Gasteiger partial charge on any atom is -0.301 e. The molecule has 0 saturated heterocycles. The number of hydrogen-bond acceptors (Lipinski definition) is 4. The van der Waals surface area contributed by atoms with Gasteiger partial charge in [0.15, 0.2) is 0 Å². The number of hydrogen-bond donors (Lipinski definition) is 1. The first-order valence-corrected chi connectivity index (χ1v) is 16.5. The lowest BCUT2D eigenvalue weighted by atomic mass is 10.1. The molecule has 0 fully saturated rings. The van der Waals surface area contributed by atoms with E-state index in [2.05, 4.69) is 20.8 Å². The first-order valence-electron chi connectivity index (χ1n) is 15.0. The van der Waals surface area contributed by atoms with Crippen LogP contribution in [0, 0.1) is 0 Å². The average molecular weight is 506 g/mol. The molecule has 1 atom stereocenters. The Morgan fingerprint density at radius 3 is 1.24 bits per heavy atom. The Balaban J connectivity index is 4.08. The summed E-state index contributed by atoms with van der Waals surface area (Å²) in [7, 11) is -4.03. The van der Waals surface area contributed by atoms with E-state index in [-0.39, 0.29) is 0 Å². The summed E-state index contributed by atoms with van der Waals surface area (Å²) in [6, 6.07) is 0. The molecule has 1 unspecified atom stereocenters. The van der Waals surface area contributed by atoms with Gasteiger partial charge in [-0.1, -0.05) is 143 Å². The monoisotopic (exact) mass is 505 g/mol. The number of phosphoric acid groups is 1. The van der Waals surface area contributed by atoms with Gasteiger partial charge in [-0.25, -0.2) is 4.57 Å². The number of rotatable bonds is 28. The van der Waals surface area contributed by atoms with Crippen molar-refractivity contribution in [3.05, 3.63) is 0 Å². The molecule has 0 amide bonds. The van der Waals surface area contributed by atoms with Crippen molar-refractivity contribution in [2.45, 2.75) is 162 Å². The third-order valence-electron chi connectivity index (χ3n) is 6.49. The van der Waals surface area contributed by atoms with E-state index >= 15 is 0 Å². The van der Waals surface area contributed by atoms with Gasteiger partial charge in [0.2, 0.25) is 0 Å². The Morgan fingerprint density at radius 2 is 0.853 bits per heavy atom. The molecule has 6 heteroatoms. The number of nitrogens with zero attached hydrogens (tertiary/aromatic N) is 1. The van der Waals surface area contributed by atoms with E-state index in [1.165, 1.54) is 103 Å². The Morgan fingerprint density at radius 1 is 0.529 bits per heavy atom. The Kier molecular flexibility index (Phi) is 26.2. The largest absolute Gasteiger partial charge is 0.489 e. The van der Waals surface area contributed by atoms with Gasteiger partial charge in [-0.05, 0) is 19.3 Å². The molecule has 0 aliphatic rings. The molecule has 0 aliphatic heterocycles. The maximum Gasteiger partial charge on any atom is 0.489 e. The van der Waals surface area contributed by atoms with E-state index in [1.807, 2.05) is 0 Å². The number of unbranched alkanes of at least 4 members (excludes halogenated alkanes) is 19. The van der Waals surface area contributed by atoms with Crippen LogP contribution in [0.1, 0.15) is 162 Å². The fourth-order valence-corrected chi connectivity index (χ4v) is 5.13. The molecule has 0 radical (unpaired) electrons. The predicted molar refractivity (Wildman–Crippen MR) is 147 cm³/mol. The molecule has 0 spiro atoms. The average Bonchev–Trinajstić information content (AvgIpc) is 2.81. The highest BCUT2D eigenvalue weighted by molar-refractivity contribution is 7.47. The van der Waals surface area contributed by atoms with E-state index < -0.39 is 7.82 Å². The van der Waals surface area contributed by atoms with E-state index in [0.29, 0.717) is 19.7 Å². The predicted octanol–water partition coefficient (Wildman–Crippen LogP) is 9.98. The summed E-state index contributed by atoms with van der Waals surface area (Å²) in [5.74, 6) is 0. The van der Waals surface area contributed by atoms with Crippen molar-refractivity contribution in [3.8, 4) is 0 Å². The van der Waals surface area contributed by atoms with Crippen molar-refractivity contribution in [2.75, 3.05) is 19.7 Å². The van der Waals surface area contributed by atoms with Crippen LogP contribution in [-0.2, 0) is 13.7 Å². The van der Waals surface area contributed by atoms with Crippen molar-refractivity contribution in [3.63, 3.8) is 0 Å². The summed E-state index contributed by atoms with van der Waals surface area (Å²) in [6.45, 7) is 8.41. The standard InChI is InChI=1S/C28H60NO4P/c1-4-7-10-13-16-17-18-19-22-25-28-32-34(30,31)33-29(26-23-20-14-11-8-5-2)27-24-21-15-12-9-6-3/h4-28H2,1-3H3,(H,30,31). The van der Waals surface area contributed by atoms with Crippen molar-refractivity contribution >= 4 is 7.82 Å². The molecule has 0 aromatic heterocycles. The molecule has 0 saturated carbocycles. The van der Waals surface area contributed by atoms with Crippen LogP contribution in [0.2, 0.25) is 0 Å². The first-order chi connectivity index (χ1) is 16.6. The maximum absolute atomic E-state index is 12.5. The lowest BCUT2D eigenvalue weighted by Gasteiger charge is -2.24. The zero-order valence-corrected chi connectivity index (χ0v) is 24.1. The SMILES string of the molecule is CCCCCCCCCCCCOP(=O)(O)ON(CCCCCCCC)CCCCCCCC. The van der Waals surface area contributed by atoms with Crippen LogP contribution in [-0.4, -0.2) is 29.7 Å². The molecule has 0 aromatic rings. The van der Waals surface area contributed by atoms with Crippen LogP contribution < -0.4 is 0 Å². The topological polar surface area (TPSA) is 59.0 Å². The third-order valence-corrected chi connectivity index (χ3v) is 7.44. The van der Waals surface area contributed by atoms with Crippen molar-refractivity contribution < 1.29 is 18.6 Å². The minimum atomic E-state index is -4.03. The molecule has 206 valence electrons. The van der Waals surface area contributed by atoms with Gasteiger partial charge in [0.05, 0.1) is 6.61 Å². The molecule has 34 heavy (non-hydrogen) atoms. The van der Waals surface area contributed by atoms with Gasteiger partial charge in [-0.15, -0.1) is 0 Å². The highest BCUT2D eigenvalue weighted by atomic mass is 31.2. The fourth-order valence-electron chi connectivity index (χ4n) is 4.27. The van der Waals surface area contributed by atoms with E-state index in [9.17, 15) is 9.46 Å². The number of phosphoric ester groups is 1. The summed E-state index contributed by atoms with van der Waals surface area (Å²) in [5.41, 5.74) is 0. The summed E-state index contributed by atoms with van der Waals surface area (Å²) >= 11 is 0. The summed E-state index contributed by atoms with van der Waals surface area (Å²) < 4.78 is 23.3. The minimum absolute atomic E-state index is 0.298. The number of hydroxylamine groups is 2. The van der Waals surface area contributed by atoms with Gasteiger partial charge in [-0.3, -0.25) is 4.52 Å². The normalized spacial score (nSPS) is 13.6. The van der Waals surface area contributed by atoms with Gasteiger partial charge in [0.1, 0.15) is 0 Å². The quantitative estimate of drug-likeness (QED) is 0.0651. The zero-order valence-electron chi connectivity index (χ0n) is 23.2. The highest BCUT2D eigenvalue weighted by Gasteiger charge is 2.25.